The Balaban J connectivity index is 2.25. The zero-order valence-corrected chi connectivity index (χ0v) is 9.65. The molecule has 1 aromatic rings. The molecule has 0 aromatic heterocycles. The van der Waals surface area contributed by atoms with Crippen LogP contribution in [0, 0.1) is 0 Å². The van der Waals surface area contributed by atoms with Crippen LogP contribution in [0.25, 0.3) is 5.70 Å². The van der Waals surface area contributed by atoms with Gasteiger partial charge >= 0.3 is 0 Å². The third-order valence-corrected chi connectivity index (χ3v) is 3.05. The summed E-state index contributed by atoms with van der Waals surface area (Å²) in [7, 11) is 0. The molecule has 1 atom stereocenters. The molecule has 78 valence electrons. The molecule has 1 aliphatic heterocycles. The maximum atomic E-state index is 6.02. The van der Waals surface area contributed by atoms with Gasteiger partial charge in [-0.15, -0.1) is 11.6 Å². The van der Waals surface area contributed by atoms with Crippen molar-refractivity contribution in [3.8, 4) is 0 Å². The van der Waals surface area contributed by atoms with E-state index in [1.54, 1.807) is 0 Å². The van der Waals surface area contributed by atoms with Gasteiger partial charge in [0, 0.05) is 16.4 Å². The first-order chi connectivity index (χ1) is 7.16. The van der Waals surface area contributed by atoms with Crippen molar-refractivity contribution in [2.75, 3.05) is 0 Å². The molecule has 1 aliphatic rings. The Morgan fingerprint density at radius 3 is 2.53 bits per heavy atom. The van der Waals surface area contributed by atoms with Crippen LogP contribution in [0.2, 0.25) is 5.02 Å². The zero-order chi connectivity index (χ0) is 10.8. The second-order valence-electron chi connectivity index (χ2n) is 3.48. The maximum absolute atomic E-state index is 6.02. The van der Waals surface area contributed by atoms with E-state index in [0.717, 1.165) is 28.4 Å². The molecular formula is C12H11Cl2N. The van der Waals surface area contributed by atoms with Gasteiger partial charge in [0.15, 0.2) is 0 Å². The number of hydrogen-bond acceptors (Lipinski definition) is 1. The third-order valence-electron chi connectivity index (χ3n) is 2.36. The van der Waals surface area contributed by atoms with Crippen molar-refractivity contribution < 1.29 is 0 Å². The molecule has 0 saturated heterocycles. The number of benzene rings is 1. The van der Waals surface area contributed by atoms with Gasteiger partial charge in [0.2, 0.25) is 0 Å². The molecule has 1 nitrogen and oxygen atoms in total. The Morgan fingerprint density at radius 1 is 1.27 bits per heavy atom. The molecule has 2 rings (SSSR count). The van der Waals surface area contributed by atoms with Gasteiger partial charge in [-0.3, -0.25) is 0 Å². The fraction of sp³-hybridized carbons (Fsp3) is 0.167. The van der Waals surface area contributed by atoms with Crippen LogP contribution in [0.15, 0.2) is 42.6 Å². The fourth-order valence-corrected chi connectivity index (χ4v) is 1.75. The van der Waals surface area contributed by atoms with Crippen molar-refractivity contribution >= 4 is 28.9 Å². The van der Waals surface area contributed by atoms with E-state index in [2.05, 4.69) is 18.0 Å². The summed E-state index contributed by atoms with van der Waals surface area (Å²) in [4.78, 5) is 0. The molecule has 0 aliphatic carbocycles. The van der Waals surface area contributed by atoms with Crippen LogP contribution in [0.4, 0.5) is 0 Å². The van der Waals surface area contributed by atoms with Crippen molar-refractivity contribution in [2.45, 2.75) is 11.8 Å². The van der Waals surface area contributed by atoms with Crippen LogP contribution in [0.1, 0.15) is 12.0 Å². The summed E-state index contributed by atoms with van der Waals surface area (Å²) in [6.45, 7) is 3.88. The van der Waals surface area contributed by atoms with Gasteiger partial charge < -0.3 is 5.32 Å². The summed E-state index contributed by atoms with van der Waals surface area (Å²) in [6.07, 6.45) is 2.89. The maximum Gasteiger partial charge on any atom is 0.0764 e. The number of halogens is 2. The fourth-order valence-electron chi connectivity index (χ4n) is 1.49. The summed E-state index contributed by atoms with van der Waals surface area (Å²) in [5.41, 5.74) is 3.00. The normalized spacial score (nSPS) is 20.8. The van der Waals surface area contributed by atoms with Crippen molar-refractivity contribution in [3.63, 3.8) is 0 Å². The molecule has 1 unspecified atom stereocenters. The van der Waals surface area contributed by atoms with Crippen LogP contribution in [-0.4, -0.2) is 5.38 Å². The van der Waals surface area contributed by atoms with E-state index >= 15 is 0 Å². The molecular weight excluding hydrogens is 229 g/mol. The Labute approximate surface area is 99.4 Å². The lowest BCUT2D eigenvalue weighted by Crippen LogP contribution is -2.22. The molecule has 0 amide bonds. The van der Waals surface area contributed by atoms with Crippen molar-refractivity contribution in [2.24, 2.45) is 0 Å². The lowest BCUT2D eigenvalue weighted by atomic mass is 10.1. The van der Waals surface area contributed by atoms with Crippen molar-refractivity contribution in [1.82, 2.24) is 5.32 Å². The molecule has 1 aromatic carbocycles. The van der Waals surface area contributed by atoms with Gasteiger partial charge in [0.05, 0.1) is 5.38 Å². The monoisotopic (exact) mass is 239 g/mol. The van der Waals surface area contributed by atoms with E-state index in [1.165, 1.54) is 0 Å². The van der Waals surface area contributed by atoms with Crippen LogP contribution >= 0.6 is 23.2 Å². The third kappa shape index (κ3) is 2.36. The van der Waals surface area contributed by atoms with Gasteiger partial charge in [0.25, 0.3) is 0 Å². The average Bonchev–Trinajstić information content (AvgIpc) is 2.23. The number of nitrogens with one attached hydrogen (secondary N) is 1. The number of allylic oxidation sites excluding steroid dienone is 2. The molecule has 0 fully saturated rings. The molecule has 15 heavy (non-hydrogen) atoms. The van der Waals surface area contributed by atoms with Crippen molar-refractivity contribution in [3.05, 3.63) is 53.2 Å². The van der Waals surface area contributed by atoms with Crippen LogP contribution in [-0.2, 0) is 0 Å². The van der Waals surface area contributed by atoms with Gasteiger partial charge in [0.1, 0.15) is 0 Å². The van der Waals surface area contributed by atoms with Gasteiger partial charge in [-0.2, -0.15) is 0 Å². The standard InChI is InChI=1S/C12H11Cl2N/c1-8-11(14)6-7-12(15-8)9-2-4-10(13)5-3-9/h2-5,7,11,15H,1,6H2. The Morgan fingerprint density at radius 2 is 1.93 bits per heavy atom. The van der Waals surface area contributed by atoms with Gasteiger partial charge in [-0.05, 0) is 24.1 Å². The topological polar surface area (TPSA) is 12.0 Å². The molecule has 1 heterocycles. The highest BCUT2D eigenvalue weighted by molar-refractivity contribution is 6.30. The second kappa shape index (κ2) is 4.30. The largest absolute Gasteiger partial charge is 0.358 e. The van der Waals surface area contributed by atoms with Crippen LogP contribution in [0.5, 0.6) is 0 Å². The quantitative estimate of drug-likeness (QED) is 0.736. The van der Waals surface area contributed by atoms with Gasteiger partial charge in [-0.25, -0.2) is 0 Å². The molecule has 3 heteroatoms. The predicted molar refractivity (Wildman–Crippen MR) is 66.0 cm³/mol. The SMILES string of the molecule is C=C1NC(c2ccc(Cl)cc2)=CCC1Cl. The first-order valence-electron chi connectivity index (χ1n) is 4.73. The minimum atomic E-state index is -0.0129. The minimum absolute atomic E-state index is 0.0129. The minimum Gasteiger partial charge on any atom is -0.358 e. The van der Waals surface area contributed by atoms with Crippen LogP contribution < -0.4 is 5.32 Å². The highest BCUT2D eigenvalue weighted by Crippen LogP contribution is 2.24. The number of hydrogen-bond donors (Lipinski definition) is 1. The van der Waals surface area contributed by atoms with E-state index in [-0.39, 0.29) is 5.38 Å². The van der Waals surface area contributed by atoms with Crippen LogP contribution in [0.3, 0.4) is 0 Å². The van der Waals surface area contributed by atoms with E-state index in [0.29, 0.717) is 0 Å². The summed E-state index contributed by atoms with van der Waals surface area (Å²) >= 11 is 11.8. The molecule has 0 saturated carbocycles. The van der Waals surface area contributed by atoms with E-state index in [4.69, 9.17) is 23.2 Å². The average molecular weight is 240 g/mol. The Kier molecular flexibility index (Phi) is 3.03. The molecule has 1 N–H and O–H groups in total. The smallest absolute Gasteiger partial charge is 0.0764 e. The zero-order valence-electron chi connectivity index (χ0n) is 8.13. The second-order valence-corrected chi connectivity index (χ2v) is 4.44. The van der Waals surface area contributed by atoms with Gasteiger partial charge in [-0.1, -0.05) is 36.4 Å². The summed E-state index contributed by atoms with van der Waals surface area (Å²) in [5.74, 6) is 0. The molecule has 0 radical (unpaired) electrons. The highest BCUT2D eigenvalue weighted by Gasteiger charge is 2.15. The number of rotatable bonds is 1. The Bertz CT molecular complexity index is 406. The number of alkyl halides is 1. The van der Waals surface area contributed by atoms with E-state index < -0.39 is 0 Å². The highest BCUT2D eigenvalue weighted by atomic mass is 35.5. The first kappa shape index (κ1) is 10.6. The molecule has 0 bridgehead atoms. The lowest BCUT2D eigenvalue weighted by Gasteiger charge is -2.22. The summed E-state index contributed by atoms with van der Waals surface area (Å²) in [6, 6.07) is 7.69. The summed E-state index contributed by atoms with van der Waals surface area (Å²) < 4.78 is 0. The van der Waals surface area contributed by atoms with E-state index in [1.807, 2.05) is 24.3 Å². The first-order valence-corrected chi connectivity index (χ1v) is 5.54. The molecule has 0 spiro atoms. The summed E-state index contributed by atoms with van der Waals surface area (Å²) in [5, 5.41) is 3.92. The Hall–Kier alpha value is -0.920. The van der Waals surface area contributed by atoms with Crippen molar-refractivity contribution in [1.29, 1.82) is 0 Å². The van der Waals surface area contributed by atoms with E-state index in [9.17, 15) is 0 Å². The lowest BCUT2D eigenvalue weighted by molar-refractivity contribution is 0.868. The predicted octanol–water partition coefficient (Wildman–Crippen LogP) is 3.80.